The first kappa shape index (κ1) is 20.0. The van der Waals surface area contributed by atoms with E-state index in [4.69, 9.17) is 9.26 Å². The van der Waals surface area contributed by atoms with E-state index >= 15 is 0 Å². The van der Waals surface area contributed by atoms with Gasteiger partial charge >= 0.3 is 0 Å². The Balaban J connectivity index is 1.51. The number of carbonyl (C=O) groups is 1. The van der Waals surface area contributed by atoms with Crippen molar-refractivity contribution in [3.05, 3.63) is 71.1 Å². The van der Waals surface area contributed by atoms with Crippen molar-refractivity contribution in [2.24, 2.45) is 0 Å². The Morgan fingerprint density at radius 2 is 1.83 bits per heavy atom. The second-order valence-corrected chi connectivity index (χ2v) is 7.66. The molecule has 6 nitrogen and oxygen atoms in total. The van der Waals surface area contributed by atoms with Crippen molar-refractivity contribution in [1.82, 2.24) is 5.16 Å². The summed E-state index contributed by atoms with van der Waals surface area (Å²) in [5, 5.41) is 3.94. The second kappa shape index (κ2) is 8.22. The number of aromatic nitrogens is 1. The average Bonchev–Trinajstić information content (AvgIpc) is 3.09. The fourth-order valence-corrected chi connectivity index (χ4v) is 4.02. The van der Waals surface area contributed by atoms with E-state index in [1.54, 1.807) is 0 Å². The van der Waals surface area contributed by atoms with Crippen molar-refractivity contribution < 1.29 is 14.1 Å². The quantitative estimate of drug-likeness (QED) is 0.613. The van der Waals surface area contributed by atoms with E-state index in [2.05, 4.69) is 30.0 Å². The summed E-state index contributed by atoms with van der Waals surface area (Å²) in [5.74, 6) is 1.47. The molecule has 2 aromatic carbocycles. The molecule has 4 rings (SSSR count). The summed E-state index contributed by atoms with van der Waals surface area (Å²) in [6.07, 6.45) is 0. The van der Waals surface area contributed by atoms with Gasteiger partial charge in [-0.25, -0.2) is 0 Å². The molecule has 2 heterocycles. The molecule has 1 unspecified atom stereocenters. The third-order valence-corrected chi connectivity index (χ3v) is 5.71. The van der Waals surface area contributed by atoms with Crippen LogP contribution >= 0.6 is 0 Å². The Labute approximate surface area is 177 Å². The molecule has 0 fully saturated rings. The van der Waals surface area contributed by atoms with E-state index in [-0.39, 0.29) is 11.9 Å². The smallest absolute Gasteiger partial charge is 0.258 e. The molecule has 0 saturated heterocycles. The molecule has 0 N–H and O–H groups in total. The van der Waals surface area contributed by atoms with Crippen LogP contribution in [0.4, 0.5) is 11.4 Å². The molecule has 156 valence electrons. The molecule has 0 bridgehead atoms. The number of aryl methyl sites for hydroxylation is 2. The highest BCUT2D eigenvalue weighted by Gasteiger charge is 2.30. The summed E-state index contributed by atoms with van der Waals surface area (Å²) in [7, 11) is 0. The molecule has 0 aliphatic carbocycles. The van der Waals surface area contributed by atoms with Crippen molar-refractivity contribution in [1.29, 1.82) is 0 Å². The zero-order chi connectivity index (χ0) is 21.3. The summed E-state index contributed by atoms with van der Waals surface area (Å²) >= 11 is 0. The summed E-state index contributed by atoms with van der Waals surface area (Å²) in [6.45, 7) is 10.0. The van der Waals surface area contributed by atoms with E-state index in [9.17, 15) is 4.79 Å². The van der Waals surface area contributed by atoms with Crippen LogP contribution in [0.15, 0.2) is 53.1 Å². The SMILES string of the molecule is CCN1c2ccccc2N(C(=O)c2ccc(OCc3c(C)noc3C)cc2)CC1C. The van der Waals surface area contributed by atoms with E-state index in [1.165, 1.54) is 0 Å². The first-order valence-electron chi connectivity index (χ1n) is 10.3. The number of para-hydroxylation sites is 2. The maximum Gasteiger partial charge on any atom is 0.258 e. The van der Waals surface area contributed by atoms with Gasteiger partial charge in [-0.1, -0.05) is 17.3 Å². The molecule has 1 aromatic heterocycles. The molecule has 1 aliphatic heterocycles. The first-order chi connectivity index (χ1) is 14.5. The lowest BCUT2D eigenvalue weighted by Crippen LogP contribution is -2.49. The zero-order valence-electron chi connectivity index (χ0n) is 17.9. The van der Waals surface area contributed by atoms with Gasteiger partial charge in [0.15, 0.2) is 0 Å². The van der Waals surface area contributed by atoms with Gasteiger partial charge in [0.1, 0.15) is 18.1 Å². The summed E-state index contributed by atoms with van der Waals surface area (Å²) in [4.78, 5) is 17.5. The number of hydrogen-bond acceptors (Lipinski definition) is 5. The topological polar surface area (TPSA) is 58.8 Å². The number of anilines is 2. The molecule has 1 atom stereocenters. The molecule has 6 heteroatoms. The Morgan fingerprint density at radius 3 is 2.47 bits per heavy atom. The van der Waals surface area contributed by atoms with Gasteiger partial charge in [-0.05, 0) is 64.1 Å². The van der Waals surface area contributed by atoms with Gasteiger partial charge in [-0.15, -0.1) is 0 Å². The zero-order valence-corrected chi connectivity index (χ0v) is 17.9. The highest BCUT2D eigenvalue weighted by Crippen LogP contribution is 2.36. The number of amides is 1. The number of rotatable bonds is 5. The van der Waals surface area contributed by atoms with Gasteiger partial charge in [0.2, 0.25) is 0 Å². The number of fused-ring (bicyclic) bond motifs is 1. The van der Waals surface area contributed by atoms with Gasteiger partial charge in [-0.3, -0.25) is 4.79 Å². The predicted molar refractivity (Wildman–Crippen MR) is 117 cm³/mol. The lowest BCUT2D eigenvalue weighted by molar-refractivity contribution is 0.0984. The van der Waals surface area contributed by atoms with Crippen LogP contribution in [0.3, 0.4) is 0 Å². The number of nitrogens with zero attached hydrogens (tertiary/aromatic N) is 3. The van der Waals surface area contributed by atoms with Crippen LogP contribution < -0.4 is 14.5 Å². The van der Waals surface area contributed by atoms with E-state index < -0.39 is 0 Å². The van der Waals surface area contributed by atoms with Crippen molar-refractivity contribution >= 4 is 17.3 Å². The lowest BCUT2D eigenvalue weighted by Gasteiger charge is -2.42. The number of carbonyl (C=O) groups excluding carboxylic acids is 1. The van der Waals surface area contributed by atoms with Crippen LogP contribution in [-0.4, -0.2) is 30.2 Å². The molecule has 30 heavy (non-hydrogen) atoms. The van der Waals surface area contributed by atoms with Crippen LogP contribution in [0.25, 0.3) is 0 Å². The molecular weight excluding hydrogens is 378 g/mol. The highest BCUT2D eigenvalue weighted by molar-refractivity contribution is 6.08. The number of benzene rings is 2. The number of likely N-dealkylation sites (N-methyl/N-ethyl adjacent to an activating group) is 1. The molecule has 0 radical (unpaired) electrons. The summed E-state index contributed by atoms with van der Waals surface area (Å²) in [6, 6.07) is 15.7. The van der Waals surface area contributed by atoms with Gasteiger partial charge < -0.3 is 19.1 Å². The van der Waals surface area contributed by atoms with Crippen LogP contribution in [0.1, 0.15) is 41.2 Å². The van der Waals surface area contributed by atoms with Crippen LogP contribution in [0, 0.1) is 13.8 Å². The Hall–Kier alpha value is -3.28. The second-order valence-electron chi connectivity index (χ2n) is 7.66. The molecule has 3 aromatic rings. The van der Waals surface area contributed by atoms with Crippen molar-refractivity contribution in [3.8, 4) is 5.75 Å². The largest absolute Gasteiger partial charge is 0.489 e. The minimum absolute atomic E-state index is 0.00215. The van der Waals surface area contributed by atoms with Gasteiger partial charge in [0.25, 0.3) is 5.91 Å². The van der Waals surface area contributed by atoms with Gasteiger partial charge in [0.05, 0.1) is 22.6 Å². The standard InChI is InChI=1S/C24H27N3O3/c1-5-26-16(2)14-27(23-9-7-6-8-22(23)26)24(28)19-10-12-20(13-11-19)29-15-21-17(3)25-30-18(21)4/h6-13,16H,5,14-15H2,1-4H3. The van der Waals surface area contributed by atoms with Crippen LogP contribution in [0.5, 0.6) is 5.75 Å². The minimum Gasteiger partial charge on any atom is -0.489 e. The Morgan fingerprint density at radius 1 is 1.13 bits per heavy atom. The third-order valence-electron chi connectivity index (χ3n) is 5.71. The van der Waals surface area contributed by atoms with Crippen molar-refractivity contribution in [3.63, 3.8) is 0 Å². The Kier molecular flexibility index (Phi) is 5.48. The monoisotopic (exact) mass is 405 g/mol. The van der Waals surface area contributed by atoms with Crippen molar-refractivity contribution in [2.45, 2.75) is 40.3 Å². The maximum absolute atomic E-state index is 13.3. The minimum atomic E-state index is 0.00215. The third kappa shape index (κ3) is 3.65. The molecule has 0 saturated carbocycles. The first-order valence-corrected chi connectivity index (χ1v) is 10.3. The van der Waals surface area contributed by atoms with Gasteiger partial charge in [-0.2, -0.15) is 0 Å². The number of hydrogen-bond donors (Lipinski definition) is 0. The van der Waals surface area contributed by atoms with Crippen LogP contribution in [0.2, 0.25) is 0 Å². The van der Waals surface area contributed by atoms with E-state index in [0.717, 1.165) is 34.9 Å². The predicted octanol–water partition coefficient (Wildman–Crippen LogP) is 4.75. The summed E-state index contributed by atoms with van der Waals surface area (Å²) < 4.78 is 11.0. The van der Waals surface area contributed by atoms with Gasteiger partial charge in [0, 0.05) is 24.7 Å². The fraction of sp³-hybridized carbons (Fsp3) is 0.333. The van der Waals surface area contributed by atoms with E-state index in [1.807, 2.05) is 61.2 Å². The summed E-state index contributed by atoms with van der Waals surface area (Å²) in [5.41, 5.74) is 4.49. The highest BCUT2D eigenvalue weighted by atomic mass is 16.5. The maximum atomic E-state index is 13.3. The molecular formula is C24H27N3O3. The van der Waals surface area contributed by atoms with E-state index in [0.29, 0.717) is 24.5 Å². The molecule has 0 spiro atoms. The molecule has 1 aliphatic rings. The van der Waals surface area contributed by atoms with Crippen molar-refractivity contribution in [2.75, 3.05) is 22.9 Å². The molecule has 1 amide bonds. The fourth-order valence-electron chi connectivity index (χ4n) is 4.02. The Bertz CT molecular complexity index is 1020. The lowest BCUT2D eigenvalue weighted by atomic mass is 10.1. The average molecular weight is 405 g/mol. The number of ether oxygens (including phenoxy) is 1. The van der Waals surface area contributed by atoms with Crippen LogP contribution in [-0.2, 0) is 6.61 Å². The normalized spacial score (nSPS) is 15.8.